The standard InChI is InChI=1S/C17H30N2/c1-12-8-14(16(3,4)5)9-13(2)15(12)10-19-11-17(6,7)18/h8-9,19H,10-11,18H2,1-7H3. The van der Waals surface area contributed by atoms with Gasteiger partial charge in [-0.1, -0.05) is 32.9 Å². The Labute approximate surface area is 118 Å². The highest BCUT2D eigenvalue weighted by molar-refractivity contribution is 5.40. The van der Waals surface area contributed by atoms with Crippen LogP contribution in [0.4, 0.5) is 0 Å². The Bertz CT molecular complexity index is 411. The van der Waals surface area contributed by atoms with Gasteiger partial charge in [0, 0.05) is 18.6 Å². The molecule has 0 spiro atoms. The molecule has 0 fully saturated rings. The van der Waals surface area contributed by atoms with Gasteiger partial charge < -0.3 is 11.1 Å². The van der Waals surface area contributed by atoms with Gasteiger partial charge in [0.2, 0.25) is 0 Å². The summed E-state index contributed by atoms with van der Waals surface area (Å²) < 4.78 is 0. The van der Waals surface area contributed by atoms with Crippen molar-refractivity contribution < 1.29 is 0 Å². The Morgan fingerprint density at radius 1 is 1.00 bits per heavy atom. The van der Waals surface area contributed by atoms with Crippen LogP contribution < -0.4 is 11.1 Å². The molecule has 3 N–H and O–H groups in total. The van der Waals surface area contributed by atoms with Crippen LogP contribution in [0.2, 0.25) is 0 Å². The maximum atomic E-state index is 5.99. The molecule has 19 heavy (non-hydrogen) atoms. The molecule has 0 saturated heterocycles. The summed E-state index contributed by atoms with van der Waals surface area (Å²) in [5.74, 6) is 0. The highest BCUT2D eigenvalue weighted by Gasteiger charge is 2.16. The van der Waals surface area contributed by atoms with Crippen molar-refractivity contribution in [2.45, 2.75) is 66.0 Å². The second-order valence-electron chi connectivity index (χ2n) is 7.43. The van der Waals surface area contributed by atoms with Crippen molar-refractivity contribution >= 4 is 0 Å². The maximum absolute atomic E-state index is 5.99. The largest absolute Gasteiger partial charge is 0.324 e. The van der Waals surface area contributed by atoms with E-state index < -0.39 is 0 Å². The fourth-order valence-corrected chi connectivity index (χ4v) is 2.21. The van der Waals surface area contributed by atoms with Crippen LogP contribution in [0.3, 0.4) is 0 Å². The molecule has 0 aromatic heterocycles. The molecule has 0 heterocycles. The molecule has 0 aliphatic carbocycles. The Morgan fingerprint density at radius 2 is 1.47 bits per heavy atom. The molecule has 0 aliphatic heterocycles. The van der Waals surface area contributed by atoms with Gasteiger partial charge in [0.05, 0.1) is 0 Å². The summed E-state index contributed by atoms with van der Waals surface area (Å²) in [6, 6.07) is 4.63. The number of nitrogens with two attached hydrogens (primary N) is 1. The third kappa shape index (κ3) is 4.96. The first-order valence-electron chi connectivity index (χ1n) is 7.11. The summed E-state index contributed by atoms with van der Waals surface area (Å²) in [7, 11) is 0. The van der Waals surface area contributed by atoms with Gasteiger partial charge in [-0.3, -0.25) is 0 Å². The predicted molar refractivity (Wildman–Crippen MR) is 84.6 cm³/mol. The van der Waals surface area contributed by atoms with Crippen LogP contribution in [0.1, 0.15) is 56.9 Å². The summed E-state index contributed by atoms with van der Waals surface area (Å²) in [5, 5.41) is 3.46. The van der Waals surface area contributed by atoms with Gasteiger partial charge in [0.25, 0.3) is 0 Å². The van der Waals surface area contributed by atoms with Crippen molar-refractivity contribution in [2.24, 2.45) is 5.73 Å². The number of hydrogen-bond donors (Lipinski definition) is 2. The van der Waals surface area contributed by atoms with Crippen molar-refractivity contribution in [3.8, 4) is 0 Å². The maximum Gasteiger partial charge on any atom is 0.0223 e. The number of rotatable bonds is 4. The van der Waals surface area contributed by atoms with Gasteiger partial charge in [0.15, 0.2) is 0 Å². The molecule has 0 bridgehead atoms. The van der Waals surface area contributed by atoms with Crippen LogP contribution in [-0.2, 0) is 12.0 Å². The van der Waals surface area contributed by atoms with Gasteiger partial charge in [-0.2, -0.15) is 0 Å². The zero-order chi connectivity index (χ0) is 14.8. The number of nitrogens with one attached hydrogen (secondary N) is 1. The lowest BCUT2D eigenvalue weighted by Crippen LogP contribution is -2.42. The molecule has 2 heteroatoms. The van der Waals surface area contributed by atoms with E-state index in [0.29, 0.717) is 0 Å². The SMILES string of the molecule is Cc1cc(C(C)(C)C)cc(C)c1CNCC(C)(C)N. The molecule has 2 nitrogen and oxygen atoms in total. The summed E-state index contributed by atoms with van der Waals surface area (Å²) in [6.45, 7) is 17.0. The van der Waals surface area contributed by atoms with Gasteiger partial charge in [-0.05, 0) is 55.4 Å². The summed E-state index contributed by atoms with van der Waals surface area (Å²) >= 11 is 0. The predicted octanol–water partition coefficient (Wildman–Crippen LogP) is 3.43. The zero-order valence-electron chi connectivity index (χ0n) is 13.6. The van der Waals surface area contributed by atoms with Crippen molar-refractivity contribution in [1.82, 2.24) is 5.32 Å². The third-order valence-electron chi connectivity index (χ3n) is 3.44. The highest BCUT2D eigenvalue weighted by atomic mass is 14.9. The zero-order valence-corrected chi connectivity index (χ0v) is 13.6. The fourth-order valence-electron chi connectivity index (χ4n) is 2.21. The molecule has 108 valence electrons. The van der Waals surface area contributed by atoms with E-state index in [1.54, 1.807) is 0 Å². The van der Waals surface area contributed by atoms with Crippen LogP contribution in [0.25, 0.3) is 0 Å². The van der Waals surface area contributed by atoms with Gasteiger partial charge in [0.1, 0.15) is 0 Å². The van der Waals surface area contributed by atoms with Crippen molar-refractivity contribution in [1.29, 1.82) is 0 Å². The van der Waals surface area contributed by atoms with E-state index in [-0.39, 0.29) is 11.0 Å². The Morgan fingerprint density at radius 3 is 1.84 bits per heavy atom. The van der Waals surface area contributed by atoms with Crippen LogP contribution in [0.5, 0.6) is 0 Å². The average molecular weight is 262 g/mol. The molecule has 0 amide bonds. The summed E-state index contributed by atoms with van der Waals surface area (Å²) in [4.78, 5) is 0. The lowest BCUT2D eigenvalue weighted by atomic mass is 9.84. The van der Waals surface area contributed by atoms with Crippen LogP contribution in [-0.4, -0.2) is 12.1 Å². The summed E-state index contributed by atoms with van der Waals surface area (Å²) in [6.07, 6.45) is 0. The molecular formula is C17H30N2. The quantitative estimate of drug-likeness (QED) is 0.872. The van der Waals surface area contributed by atoms with Crippen LogP contribution in [0.15, 0.2) is 12.1 Å². The van der Waals surface area contributed by atoms with Crippen molar-refractivity contribution in [3.63, 3.8) is 0 Å². The first kappa shape index (κ1) is 16.2. The Balaban J connectivity index is 2.87. The highest BCUT2D eigenvalue weighted by Crippen LogP contribution is 2.26. The summed E-state index contributed by atoms with van der Waals surface area (Å²) in [5.41, 5.74) is 11.6. The molecular weight excluding hydrogens is 232 g/mol. The van der Waals surface area contributed by atoms with E-state index in [4.69, 9.17) is 5.73 Å². The van der Waals surface area contributed by atoms with Crippen molar-refractivity contribution in [2.75, 3.05) is 6.54 Å². The third-order valence-corrected chi connectivity index (χ3v) is 3.44. The average Bonchev–Trinajstić information content (AvgIpc) is 2.18. The van der Waals surface area contributed by atoms with E-state index in [0.717, 1.165) is 13.1 Å². The fraction of sp³-hybridized carbons (Fsp3) is 0.647. The minimum Gasteiger partial charge on any atom is -0.324 e. The topological polar surface area (TPSA) is 38.0 Å². The normalized spacial score (nSPS) is 12.8. The lowest BCUT2D eigenvalue weighted by molar-refractivity contribution is 0.466. The molecule has 0 aliphatic rings. The second-order valence-corrected chi connectivity index (χ2v) is 7.43. The molecule has 1 aromatic rings. The van der Waals surface area contributed by atoms with E-state index in [9.17, 15) is 0 Å². The van der Waals surface area contributed by atoms with E-state index in [1.807, 2.05) is 13.8 Å². The number of hydrogen-bond acceptors (Lipinski definition) is 2. The van der Waals surface area contributed by atoms with Crippen molar-refractivity contribution in [3.05, 3.63) is 34.4 Å². The van der Waals surface area contributed by atoms with E-state index >= 15 is 0 Å². The molecule has 0 saturated carbocycles. The van der Waals surface area contributed by atoms with Gasteiger partial charge in [-0.25, -0.2) is 0 Å². The van der Waals surface area contributed by atoms with Gasteiger partial charge >= 0.3 is 0 Å². The lowest BCUT2D eigenvalue weighted by Gasteiger charge is -2.23. The van der Waals surface area contributed by atoms with E-state index in [2.05, 4.69) is 52.1 Å². The van der Waals surface area contributed by atoms with E-state index in [1.165, 1.54) is 22.3 Å². The molecule has 0 unspecified atom stereocenters. The smallest absolute Gasteiger partial charge is 0.0223 e. The Hall–Kier alpha value is -0.860. The first-order chi connectivity index (χ1) is 8.50. The van der Waals surface area contributed by atoms with Crippen LogP contribution in [0, 0.1) is 13.8 Å². The first-order valence-corrected chi connectivity index (χ1v) is 7.11. The Kier molecular flexibility index (Phi) is 4.81. The minimum atomic E-state index is -0.160. The number of aryl methyl sites for hydroxylation is 2. The molecule has 1 rings (SSSR count). The van der Waals surface area contributed by atoms with Crippen LogP contribution >= 0.6 is 0 Å². The number of benzene rings is 1. The van der Waals surface area contributed by atoms with Gasteiger partial charge in [-0.15, -0.1) is 0 Å². The molecule has 0 radical (unpaired) electrons. The molecule has 1 aromatic carbocycles. The monoisotopic (exact) mass is 262 g/mol. The minimum absolute atomic E-state index is 0.160. The second kappa shape index (κ2) is 5.64. The molecule has 0 atom stereocenters.